The van der Waals surface area contributed by atoms with Crippen molar-refractivity contribution in [3.05, 3.63) is 54.6 Å². The first-order valence-corrected chi connectivity index (χ1v) is 7.64. The number of allylic oxidation sites excluding steroid dienone is 3. The van der Waals surface area contributed by atoms with Crippen LogP contribution < -0.4 is 4.90 Å². The third kappa shape index (κ3) is 4.83. The Kier molecular flexibility index (Phi) is 5.81. The molecule has 0 radical (unpaired) electrons. The topological polar surface area (TPSA) is 37.4 Å². The van der Waals surface area contributed by atoms with Crippen molar-refractivity contribution in [2.75, 3.05) is 4.90 Å². The average molecular weight is 347 g/mol. The molecule has 0 aliphatic carbocycles. The fourth-order valence-electron chi connectivity index (χ4n) is 2.38. The second-order valence-electron chi connectivity index (χ2n) is 5.47. The number of halogens is 3. The van der Waals surface area contributed by atoms with Gasteiger partial charge in [-0.1, -0.05) is 30.1 Å². The number of anilines is 1. The molecule has 130 valence electrons. The third-order valence-electron chi connectivity index (χ3n) is 3.63. The van der Waals surface area contributed by atoms with Gasteiger partial charge in [-0.25, -0.2) is 0 Å². The Hall–Kier alpha value is -2.81. The number of carbonyl (C=O) groups is 2. The lowest BCUT2D eigenvalue weighted by Gasteiger charge is -2.14. The Morgan fingerprint density at radius 1 is 1.24 bits per heavy atom. The molecule has 1 aliphatic heterocycles. The van der Waals surface area contributed by atoms with E-state index in [-0.39, 0.29) is 31.1 Å². The molecule has 2 amide bonds. The highest BCUT2D eigenvalue weighted by Crippen LogP contribution is 2.30. The fraction of sp³-hybridized carbons (Fsp3) is 0.263. The van der Waals surface area contributed by atoms with Gasteiger partial charge in [-0.05, 0) is 30.7 Å². The zero-order valence-corrected chi connectivity index (χ0v) is 13.3. The molecule has 1 fully saturated rings. The molecule has 1 unspecified atom stereocenters. The minimum Gasteiger partial charge on any atom is -0.274 e. The molecule has 3 nitrogen and oxygen atoms in total. The fourth-order valence-corrected chi connectivity index (χ4v) is 2.38. The Balaban J connectivity index is 2.14. The van der Waals surface area contributed by atoms with Crippen LogP contribution in [0.4, 0.5) is 18.9 Å². The molecule has 1 saturated heterocycles. The van der Waals surface area contributed by atoms with Crippen molar-refractivity contribution in [1.29, 1.82) is 0 Å². The van der Waals surface area contributed by atoms with E-state index in [9.17, 15) is 22.8 Å². The van der Waals surface area contributed by atoms with E-state index in [1.54, 1.807) is 24.3 Å². The summed E-state index contributed by atoms with van der Waals surface area (Å²) in [5, 5.41) is 0. The van der Waals surface area contributed by atoms with Gasteiger partial charge in [0.05, 0.1) is 11.6 Å². The number of hydrogen-bond donors (Lipinski definition) is 0. The normalized spacial score (nSPS) is 16.0. The van der Waals surface area contributed by atoms with Crippen molar-refractivity contribution in [2.24, 2.45) is 5.92 Å². The smallest absolute Gasteiger partial charge is 0.274 e. The molecule has 1 heterocycles. The highest BCUT2D eigenvalue weighted by molar-refractivity contribution is 6.19. The van der Waals surface area contributed by atoms with Crippen molar-refractivity contribution < 1.29 is 22.8 Å². The molecule has 1 aromatic carbocycles. The lowest BCUT2D eigenvalue weighted by atomic mass is 10.0. The first-order chi connectivity index (χ1) is 11.8. The molecule has 1 atom stereocenters. The van der Waals surface area contributed by atoms with Crippen LogP contribution in [0, 0.1) is 17.8 Å². The summed E-state index contributed by atoms with van der Waals surface area (Å²) < 4.78 is 38.2. The van der Waals surface area contributed by atoms with Gasteiger partial charge in [0.2, 0.25) is 11.8 Å². The molecule has 0 N–H and O–H groups in total. The molecule has 1 aliphatic rings. The molecule has 0 saturated carbocycles. The van der Waals surface area contributed by atoms with Gasteiger partial charge < -0.3 is 0 Å². The Bertz CT molecular complexity index is 753. The van der Waals surface area contributed by atoms with E-state index in [1.165, 1.54) is 6.08 Å². The average Bonchev–Trinajstić information content (AvgIpc) is 2.88. The molecule has 6 heteroatoms. The number of amides is 2. The van der Waals surface area contributed by atoms with Gasteiger partial charge in [0.25, 0.3) is 0 Å². The van der Waals surface area contributed by atoms with Gasteiger partial charge in [0.1, 0.15) is 0 Å². The summed E-state index contributed by atoms with van der Waals surface area (Å²) >= 11 is 0. The van der Waals surface area contributed by atoms with Crippen LogP contribution in [-0.2, 0) is 9.59 Å². The largest absolute Gasteiger partial charge is 0.395 e. The number of rotatable bonds is 4. The predicted molar refractivity (Wildman–Crippen MR) is 88.5 cm³/mol. The molecule has 25 heavy (non-hydrogen) atoms. The quantitative estimate of drug-likeness (QED) is 0.469. The van der Waals surface area contributed by atoms with E-state index in [0.29, 0.717) is 11.3 Å². The van der Waals surface area contributed by atoms with Gasteiger partial charge in [0, 0.05) is 18.4 Å². The van der Waals surface area contributed by atoms with Gasteiger partial charge >= 0.3 is 6.18 Å². The number of imide groups is 1. The van der Waals surface area contributed by atoms with Crippen molar-refractivity contribution in [1.82, 2.24) is 0 Å². The summed E-state index contributed by atoms with van der Waals surface area (Å²) in [7, 11) is 0. The minimum absolute atomic E-state index is 0.180. The summed E-state index contributed by atoms with van der Waals surface area (Å²) in [5.74, 6) is 3.10. The van der Waals surface area contributed by atoms with Gasteiger partial charge in [0.15, 0.2) is 0 Å². The molecular weight excluding hydrogens is 331 g/mol. The number of hydrogen-bond acceptors (Lipinski definition) is 2. The molecular formula is C19H16F3NO2. The predicted octanol–water partition coefficient (Wildman–Crippen LogP) is 4.00. The second-order valence-corrected chi connectivity index (χ2v) is 5.47. The maximum Gasteiger partial charge on any atom is 0.395 e. The van der Waals surface area contributed by atoms with Crippen molar-refractivity contribution in [3.8, 4) is 11.8 Å². The van der Waals surface area contributed by atoms with Crippen LogP contribution in [0.5, 0.6) is 0 Å². The molecule has 1 aromatic rings. The Morgan fingerprint density at radius 3 is 2.52 bits per heavy atom. The molecule has 0 aromatic heterocycles. The van der Waals surface area contributed by atoms with E-state index in [0.717, 1.165) is 17.1 Å². The van der Waals surface area contributed by atoms with E-state index < -0.39 is 12.1 Å². The van der Waals surface area contributed by atoms with E-state index in [2.05, 4.69) is 18.4 Å². The maximum absolute atomic E-state index is 12.7. The summed E-state index contributed by atoms with van der Waals surface area (Å²) in [4.78, 5) is 24.6. The van der Waals surface area contributed by atoms with Crippen molar-refractivity contribution in [2.45, 2.75) is 25.4 Å². The summed E-state index contributed by atoms with van der Waals surface area (Å²) in [6.07, 6.45) is -0.839. The first-order valence-electron chi connectivity index (χ1n) is 7.64. The zero-order chi connectivity index (χ0) is 18.4. The monoisotopic (exact) mass is 347 g/mol. The summed E-state index contributed by atoms with van der Waals surface area (Å²) in [6, 6.07) is 6.47. The van der Waals surface area contributed by atoms with Gasteiger partial charge in [-0.15, -0.1) is 6.58 Å². The maximum atomic E-state index is 12.7. The van der Waals surface area contributed by atoms with Gasteiger partial charge in [-0.3, -0.25) is 14.5 Å². The van der Waals surface area contributed by atoms with Crippen LogP contribution in [0.3, 0.4) is 0 Å². The lowest BCUT2D eigenvalue weighted by Crippen LogP contribution is -2.28. The number of carbonyl (C=O) groups excluding carboxylic acids is 2. The molecule has 0 bridgehead atoms. The molecule has 0 spiro atoms. The lowest BCUT2D eigenvalue weighted by molar-refractivity contribution is -0.160. The highest BCUT2D eigenvalue weighted by atomic mass is 19.4. The SMILES string of the molecule is C=CCC(/C=C/C#Cc1cccc(N2C(=O)CCC2=O)c1)C(F)(F)F. The first kappa shape index (κ1) is 18.5. The van der Waals surface area contributed by atoms with E-state index in [4.69, 9.17) is 0 Å². The van der Waals surface area contributed by atoms with Crippen LogP contribution >= 0.6 is 0 Å². The van der Waals surface area contributed by atoms with Crippen LogP contribution in [0.1, 0.15) is 24.8 Å². The number of alkyl halides is 3. The summed E-state index contributed by atoms with van der Waals surface area (Å²) in [5.41, 5.74) is 0.921. The second kappa shape index (κ2) is 7.84. The van der Waals surface area contributed by atoms with Gasteiger partial charge in [-0.2, -0.15) is 13.2 Å². The Morgan fingerprint density at radius 2 is 1.92 bits per heavy atom. The van der Waals surface area contributed by atoms with Crippen LogP contribution in [0.15, 0.2) is 49.1 Å². The minimum atomic E-state index is -4.34. The number of benzene rings is 1. The summed E-state index contributed by atoms with van der Waals surface area (Å²) in [6.45, 7) is 3.32. The van der Waals surface area contributed by atoms with Crippen LogP contribution in [0.25, 0.3) is 0 Å². The Labute approximate surface area is 143 Å². The van der Waals surface area contributed by atoms with Crippen LogP contribution in [0.2, 0.25) is 0 Å². The zero-order valence-electron chi connectivity index (χ0n) is 13.3. The standard InChI is InChI=1S/C19H16F3NO2/c1-2-6-15(19(20,21)22)9-4-3-7-14-8-5-10-16(13-14)23-17(24)11-12-18(23)25/h2,4-5,8-10,13,15H,1,6,11-12H2/b9-4+. The van der Waals surface area contributed by atoms with E-state index in [1.807, 2.05) is 0 Å². The third-order valence-corrected chi connectivity index (χ3v) is 3.63. The molecule has 2 rings (SSSR count). The van der Waals surface area contributed by atoms with Crippen molar-refractivity contribution >= 4 is 17.5 Å². The highest BCUT2D eigenvalue weighted by Gasteiger charge is 2.36. The number of nitrogens with zero attached hydrogens (tertiary/aromatic N) is 1. The van der Waals surface area contributed by atoms with E-state index >= 15 is 0 Å². The van der Waals surface area contributed by atoms with Crippen molar-refractivity contribution in [3.63, 3.8) is 0 Å². The van der Waals surface area contributed by atoms with Crippen LogP contribution in [-0.4, -0.2) is 18.0 Å².